The van der Waals surface area contributed by atoms with Gasteiger partial charge in [0.05, 0.1) is 6.42 Å². The van der Waals surface area contributed by atoms with Crippen molar-refractivity contribution in [1.29, 1.82) is 0 Å². The van der Waals surface area contributed by atoms with Gasteiger partial charge >= 0.3 is 5.97 Å². The highest BCUT2D eigenvalue weighted by Crippen LogP contribution is 2.22. The molecule has 3 rings (SSSR count). The van der Waals surface area contributed by atoms with Gasteiger partial charge in [0.1, 0.15) is 17.9 Å². The molecule has 164 valence electrons. The smallest absolute Gasteiger partial charge is 0.308 e. The summed E-state index contributed by atoms with van der Waals surface area (Å²) < 4.78 is 11.4. The summed E-state index contributed by atoms with van der Waals surface area (Å²) >= 11 is 0. The number of rotatable bonds is 7. The van der Waals surface area contributed by atoms with E-state index in [4.69, 9.17) is 9.47 Å². The Morgan fingerprint density at radius 3 is 2.53 bits per heavy atom. The van der Waals surface area contributed by atoms with Crippen LogP contribution in [0, 0.1) is 0 Å². The molecule has 1 saturated heterocycles. The number of ether oxygens (including phenoxy) is 2. The summed E-state index contributed by atoms with van der Waals surface area (Å²) in [5.74, 6) is -0.456. The molecule has 2 aliphatic rings. The SMILES string of the molecule is CCc1ccc(O[C@@H](C)C(=O)N2CCNC(=O)[C@@H]2CC(=O)OC2CCCCC2)cc1. The van der Waals surface area contributed by atoms with Crippen molar-refractivity contribution < 1.29 is 23.9 Å². The van der Waals surface area contributed by atoms with Crippen LogP contribution in [0.15, 0.2) is 24.3 Å². The maximum absolute atomic E-state index is 13.0. The van der Waals surface area contributed by atoms with E-state index in [0.717, 1.165) is 32.1 Å². The summed E-state index contributed by atoms with van der Waals surface area (Å²) in [6, 6.07) is 6.74. The van der Waals surface area contributed by atoms with Gasteiger partial charge < -0.3 is 19.7 Å². The third-order valence-electron chi connectivity index (χ3n) is 5.82. The van der Waals surface area contributed by atoms with E-state index in [1.54, 1.807) is 6.92 Å². The van der Waals surface area contributed by atoms with Gasteiger partial charge in [-0.2, -0.15) is 0 Å². The summed E-state index contributed by atoms with van der Waals surface area (Å²) in [4.78, 5) is 39.3. The first-order valence-corrected chi connectivity index (χ1v) is 11.0. The summed E-state index contributed by atoms with van der Waals surface area (Å²) in [6.45, 7) is 4.44. The number of piperazine rings is 1. The molecule has 1 aromatic rings. The summed E-state index contributed by atoms with van der Waals surface area (Å²) in [5.41, 5.74) is 1.19. The maximum atomic E-state index is 13.0. The number of hydrogen-bond acceptors (Lipinski definition) is 5. The number of amides is 2. The van der Waals surface area contributed by atoms with Gasteiger partial charge in [-0.1, -0.05) is 25.5 Å². The molecule has 2 amide bonds. The van der Waals surface area contributed by atoms with Crippen LogP contribution in [-0.4, -0.2) is 54.0 Å². The largest absolute Gasteiger partial charge is 0.481 e. The Balaban J connectivity index is 1.61. The number of carbonyl (C=O) groups excluding carboxylic acids is 3. The van der Waals surface area contributed by atoms with Gasteiger partial charge in [-0.05, 0) is 56.7 Å². The molecule has 7 heteroatoms. The number of nitrogens with zero attached hydrogens (tertiary/aromatic N) is 1. The van der Waals surface area contributed by atoms with E-state index in [1.807, 2.05) is 24.3 Å². The van der Waals surface area contributed by atoms with Crippen LogP contribution in [0.3, 0.4) is 0 Å². The van der Waals surface area contributed by atoms with Crippen LogP contribution in [0.5, 0.6) is 5.75 Å². The van der Waals surface area contributed by atoms with Crippen molar-refractivity contribution in [2.24, 2.45) is 0 Å². The molecule has 2 fully saturated rings. The van der Waals surface area contributed by atoms with E-state index in [2.05, 4.69) is 12.2 Å². The topological polar surface area (TPSA) is 84.9 Å². The van der Waals surface area contributed by atoms with Crippen molar-refractivity contribution in [2.45, 2.75) is 77.0 Å². The van der Waals surface area contributed by atoms with Crippen molar-refractivity contribution in [2.75, 3.05) is 13.1 Å². The lowest BCUT2D eigenvalue weighted by Gasteiger charge is -2.36. The zero-order valence-electron chi connectivity index (χ0n) is 17.9. The fourth-order valence-corrected chi connectivity index (χ4v) is 4.05. The van der Waals surface area contributed by atoms with Gasteiger partial charge in [0, 0.05) is 13.1 Å². The zero-order valence-corrected chi connectivity index (χ0v) is 17.9. The Morgan fingerprint density at radius 2 is 1.87 bits per heavy atom. The van der Waals surface area contributed by atoms with Crippen molar-refractivity contribution in [3.63, 3.8) is 0 Å². The van der Waals surface area contributed by atoms with E-state index >= 15 is 0 Å². The maximum Gasteiger partial charge on any atom is 0.308 e. The van der Waals surface area contributed by atoms with E-state index in [-0.39, 0.29) is 24.3 Å². The van der Waals surface area contributed by atoms with Gasteiger partial charge in [0.15, 0.2) is 6.10 Å². The monoisotopic (exact) mass is 416 g/mol. The second-order valence-electron chi connectivity index (χ2n) is 8.05. The minimum Gasteiger partial charge on any atom is -0.481 e. The zero-order chi connectivity index (χ0) is 21.5. The van der Waals surface area contributed by atoms with Crippen LogP contribution in [0.4, 0.5) is 0 Å². The lowest BCUT2D eigenvalue weighted by molar-refractivity contribution is -0.157. The Bertz CT molecular complexity index is 742. The lowest BCUT2D eigenvalue weighted by atomic mass is 9.98. The predicted molar refractivity (Wildman–Crippen MR) is 112 cm³/mol. The average Bonchev–Trinajstić information content (AvgIpc) is 2.76. The number of carbonyl (C=O) groups is 3. The molecular formula is C23H32N2O5. The van der Waals surface area contributed by atoms with Crippen molar-refractivity contribution in [3.8, 4) is 5.75 Å². The third-order valence-corrected chi connectivity index (χ3v) is 5.82. The predicted octanol–water partition coefficient (Wildman–Crippen LogP) is 2.61. The average molecular weight is 417 g/mol. The normalized spacial score (nSPS) is 20.9. The number of hydrogen-bond donors (Lipinski definition) is 1. The first-order chi connectivity index (χ1) is 14.5. The van der Waals surface area contributed by atoms with Crippen LogP contribution in [0.25, 0.3) is 0 Å². The number of esters is 1. The molecule has 0 radical (unpaired) electrons. The molecule has 1 aromatic carbocycles. The van der Waals surface area contributed by atoms with Crippen molar-refractivity contribution in [3.05, 3.63) is 29.8 Å². The van der Waals surface area contributed by atoms with Crippen LogP contribution in [0.2, 0.25) is 0 Å². The fourth-order valence-electron chi connectivity index (χ4n) is 4.05. The minimum atomic E-state index is -0.865. The lowest BCUT2D eigenvalue weighted by Crippen LogP contribution is -2.60. The quantitative estimate of drug-likeness (QED) is 0.691. The van der Waals surface area contributed by atoms with E-state index in [9.17, 15) is 14.4 Å². The molecule has 0 unspecified atom stereocenters. The first-order valence-electron chi connectivity index (χ1n) is 11.0. The molecule has 2 atom stereocenters. The Labute approximate surface area is 178 Å². The second-order valence-corrected chi connectivity index (χ2v) is 8.05. The highest BCUT2D eigenvalue weighted by molar-refractivity contribution is 5.93. The number of aryl methyl sites for hydroxylation is 1. The van der Waals surface area contributed by atoms with Gasteiger partial charge in [-0.15, -0.1) is 0 Å². The Morgan fingerprint density at radius 1 is 1.17 bits per heavy atom. The van der Waals surface area contributed by atoms with Gasteiger partial charge in [0.25, 0.3) is 5.91 Å². The Hall–Kier alpha value is -2.57. The Kier molecular flexibility index (Phi) is 7.71. The highest BCUT2D eigenvalue weighted by Gasteiger charge is 2.37. The molecule has 0 bridgehead atoms. The fraction of sp³-hybridized carbons (Fsp3) is 0.609. The summed E-state index contributed by atoms with van der Waals surface area (Å²) in [7, 11) is 0. The van der Waals surface area contributed by atoms with E-state index < -0.39 is 18.1 Å². The summed E-state index contributed by atoms with van der Waals surface area (Å²) in [5, 5.41) is 2.75. The summed E-state index contributed by atoms with van der Waals surface area (Å²) in [6.07, 6.45) is 4.97. The molecule has 1 aliphatic heterocycles. The highest BCUT2D eigenvalue weighted by atomic mass is 16.5. The third kappa shape index (κ3) is 5.74. The molecule has 1 aliphatic carbocycles. The molecule has 0 spiro atoms. The number of benzene rings is 1. The van der Waals surface area contributed by atoms with Gasteiger partial charge in [-0.25, -0.2) is 0 Å². The van der Waals surface area contributed by atoms with Gasteiger partial charge in [-0.3, -0.25) is 14.4 Å². The molecule has 1 saturated carbocycles. The molecule has 30 heavy (non-hydrogen) atoms. The van der Waals surface area contributed by atoms with Crippen LogP contribution < -0.4 is 10.1 Å². The van der Waals surface area contributed by atoms with Crippen LogP contribution in [-0.2, 0) is 25.5 Å². The standard InChI is InChI=1S/C23H32N2O5/c1-3-17-9-11-19(12-10-17)29-16(2)23(28)25-14-13-24-22(27)20(25)15-21(26)30-18-7-5-4-6-8-18/h9-12,16,18,20H,3-8,13-15H2,1-2H3,(H,24,27)/t16-,20-/m0/s1. The minimum absolute atomic E-state index is 0.0737. The van der Waals surface area contributed by atoms with Gasteiger partial charge in [0.2, 0.25) is 5.91 Å². The molecule has 1 N–H and O–H groups in total. The first kappa shape index (κ1) is 22.1. The molecule has 0 aromatic heterocycles. The van der Waals surface area contributed by atoms with Crippen LogP contribution >= 0.6 is 0 Å². The van der Waals surface area contributed by atoms with Crippen molar-refractivity contribution >= 4 is 17.8 Å². The molecule has 1 heterocycles. The van der Waals surface area contributed by atoms with Crippen molar-refractivity contribution in [1.82, 2.24) is 10.2 Å². The van der Waals surface area contributed by atoms with Crippen LogP contribution in [0.1, 0.15) is 57.9 Å². The van der Waals surface area contributed by atoms with E-state index in [1.165, 1.54) is 16.9 Å². The number of nitrogens with one attached hydrogen (secondary N) is 1. The molecular weight excluding hydrogens is 384 g/mol. The van der Waals surface area contributed by atoms with E-state index in [0.29, 0.717) is 18.8 Å². The second kappa shape index (κ2) is 10.5. The molecule has 7 nitrogen and oxygen atoms in total.